The van der Waals surface area contributed by atoms with Gasteiger partial charge in [0.1, 0.15) is 12.4 Å². The molecule has 0 amide bonds. The van der Waals surface area contributed by atoms with E-state index < -0.39 is 11.7 Å². The smallest absolute Gasteiger partial charge is 0.416 e. The minimum atomic E-state index is -4.33. The molecule has 1 fully saturated rings. The predicted molar refractivity (Wildman–Crippen MR) is 140 cm³/mol. The molecule has 12 heteroatoms. The molecule has 194 valence electrons. The number of fused-ring (bicyclic) bond motifs is 1. The molecule has 5 rings (SSSR count). The van der Waals surface area contributed by atoms with E-state index in [1.807, 2.05) is 24.3 Å². The van der Waals surface area contributed by atoms with Crippen LogP contribution in [0.25, 0.3) is 10.9 Å². The molecule has 2 aromatic carbocycles. The number of benzene rings is 2. The van der Waals surface area contributed by atoms with Crippen molar-refractivity contribution in [2.24, 2.45) is 7.05 Å². The number of rotatable bonds is 6. The second kappa shape index (κ2) is 10.3. The Morgan fingerprint density at radius 1 is 1.05 bits per heavy atom. The van der Waals surface area contributed by atoms with Crippen molar-refractivity contribution in [3.63, 3.8) is 0 Å². The normalized spacial score (nSPS) is 14.9. The average Bonchev–Trinajstić information content (AvgIpc) is 3.24. The fraction of sp³-hybridized carbons (Fsp3) is 0.320. The number of aromatic nitrogens is 3. The van der Waals surface area contributed by atoms with E-state index in [2.05, 4.69) is 14.9 Å². The molecule has 0 bridgehead atoms. The van der Waals surface area contributed by atoms with Gasteiger partial charge in [-0.2, -0.15) is 18.3 Å². The Bertz CT molecular complexity index is 1520. The third kappa shape index (κ3) is 5.55. The molecule has 1 saturated heterocycles. The van der Waals surface area contributed by atoms with E-state index in [0.717, 1.165) is 41.8 Å². The lowest BCUT2D eigenvalue weighted by molar-refractivity contribution is -0.137. The van der Waals surface area contributed by atoms with Gasteiger partial charge in [0.2, 0.25) is 0 Å². The Morgan fingerprint density at radius 3 is 2.46 bits per heavy atom. The van der Waals surface area contributed by atoms with Crippen molar-refractivity contribution in [2.45, 2.75) is 19.5 Å². The summed E-state index contributed by atoms with van der Waals surface area (Å²) in [4.78, 5) is 16.6. The topological polar surface area (TPSA) is 55.5 Å². The van der Waals surface area contributed by atoms with E-state index >= 15 is 0 Å². The average molecular weight is 548 g/mol. The Hall–Kier alpha value is -3.22. The van der Waals surface area contributed by atoms with Crippen molar-refractivity contribution >= 4 is 40.1 Å². The van der Waals surface area contributed by atoms with Crippen LogP contribution in [0.4, 0.5) is 18.9 Å². The van der Waals surface area contributed by atoms with Gasteiger partial charge in [-0.25, -0.2) is 4.68 Å². The maximum absolute atomic E-state index is 12.8. The lowest BCUT2D eigenvalue weighted by Gasteiger charge is -2.36. The number of piperazine rings is 1. The van der Waals surface area contributed by atoms with E-state index in [-0.39, 0.29) is 12.2 Å². The molecule has 7 nitrogen and oxygen atoms in total. The van der Waals surface area contributed by atoms with Gasteiger partial charge in [-0.3, -0.25) is 9.69 Å². The number of hydrogen-bond donors (Lipinski definition) is 0. The molecule has 0 spiro atoms. The highest BCUT2D eigenvalue weighted by atomic mass is 32.1. The maximum Gasteiger partial charge on any atom is 0.416 e. The zero-order valence-corrected chi connectivity index (χ0v) is 21.6. The Labute approximate surface area is 219 Å². The van der Waals surface area contributed by atoms with Crippen molar-refractivity contribution in [3.05, 3.63) is 79.5 Å². The molecule has 0 saturated carbocycles. The van der Waals surface area contributed by atoms with Crippen LogP contribution in [0, 0.1) is 3.95 Å². The number of ether oxygens (including phenoxy) is 1. The van der Waals surface area contributed by atoms with Gasteiger partial charge in [-0.1, -0.05) is 23.5 Å². The molecule has 1 aliphatic rings. The Kier molecular flexibility index (Phi) is 7.06. The summed E-state index contributed by atoms with van der Waals surface area (Å²) in [5.41, 5.74) is 0.775. The van der Waals surface area contributed by atoms with Gasteiger partial charge in [0, 0.05) is 50.4 Å². The molecule has 0 N–H and O–H groups in total. The van der Waals surface area contributed by atoms with Gasteiger partial charge < -0.3 is 14.2 Å². The Morgan fingerprint density at radius 2 is 1.76 bits per heavy atom. The minimum absolute atomic E-state index is 0.151. The quantitative estimate of drug-likeness (QED) is 0.320. The summed E-state index contributed by atoms with van der Waals surface area (Å²) >= 11 is 6.88. The van der Waals surface area contributed by atoms with Gasteiger partial charge in [0.15, 0.2) is 8.96 Å². The van der Waals surface area contributed by atoms with Crippen LogP contribution >= 0.6 is 23.6 Å². The molecule has 4 aromatic rings. The highest BCUT2D eigenvalue weighted by molar-refractivity contribution is 7.73. The third-order valence-electron chi connectivity index (χ3n) is 6.38. The van der Waals surface area contributed by atoms with Crippen molar-refractivity contribution < 1.29 is 17.9 Å². The number of alkyl halides is 3. The number of aryl methyl sites for hydroxylation is 1. The zero-order chi connectivity index (χ0) is 26.2. The monoisotopic (exact) mass is 547 g/mol. The highest BCUT2D eigenvalue weighted by Crippen LogP contribution is 2.31. The van der Waals surface area contributed by atoms with Crippen molar-refractivity contribution in [2.75, 3.05) is 31.1 Å². The first-order valence-electron chi connectivity index (χ1n) is 11.6. The van der Waals surface area contributed by atoms with E-state index in [9.17, 15) is 18.0 Å². The van der Waals surface area contributed by atoms with Gasteiger partial charge in [-0.05, 0) is 48.6 Å². The number of para-hydroxylation sites is 1. The van der Waals surface area contributed by atoms with Crippen molar-refractivity contribution in [3.8, 4) is 5.75 Å². The van der Waals surface area contributed by atoms with Crippen LogP contribution in [0.2, 0.25) is 0 Å². The summed E-state index contributed by atoms with van der Waals surface area (Å²) < 4.78 is 48.4. The zero-order valence-electron chi connectivity index (χ0n) is 19.9. The van der Waals surface area contributed by atoms with Gasteiger partial charge in [0.25, 0.3) is 5.56 Å². The molecule has 3 heterocycles. The van der Waals surface area contributed by atoms with E-state index in [1.54, 1.807) is 16.3 Å². The SMILES string of the molecule is Cn1c(=O)cc(OCc2nn(CN3CCN(c4ccc(C(F)(F)F)cc4)CC3)c(=S)s2)c2ccccc21. The fourth-order valence-electron chi connectivity index (χ4n) is 4.33. The molecular weight excluding hydrogens is 523 g/mol. The molecular formula is C25H24F3N5O2S2. The first kappa shape index (κ1) is 25.4. The molecule has 37 heavy (non-hydrogen) atoms. The largest absolute Gasteiger partial charge is 0.485 e. The molecule has 2 aromatic heterocycles. The van der Waals surface area contributed by atoms with Crippen molar-refractivity contribution in [1.29, 1.82) is 0 Å². The predicted octanol–water partition coefficient (Wildman–Crippen LogP) is 4.90. The van der Waals surface area contributed by atoms with Crippen LogP contribution in [-0.4, -0.2) is 45.4 Å². The van der Waals surface area contributed by atoms with Crippen LogP contribution in [0.1, 0.15) is 10.6 Å². The van der Waals surface area contributed by atoms with Crippen molar-refractivity contribution in [1.82, 2.24) is 19.2 Å². The molecule has 0 atom stereocenters. The number of pyridine rings is 1. The second-order valence-corrected chi connectivity index (χ2v) is 10.5. The second-order valence-electron chi connectivity index (χ2n) is 8.76. The molecule has 1 aliphatic heterocycles. The Balaban J connectivity index is 1.19. The third-order valence-corrected chi connectivity index (χ3v) is 7.66. The number of halogens is 3. The number of hydrogen-bond acceptors (Lipinski definition) is 7. The number of anilines is 1. The van der Waals surface area contributed by atoms with Gasteiger partial charge in [0.05, 0.1) is 17.7 Å². The lowest BCUT2D eigenvalue weighted by atomic mass is 10.1. The minimum Gasteiger partial charge on any atom is -0.485 e. The summed E-state index contributed by atoms with van der Waals surface area (Å²) in [7, 11) is 1.73. The first-order valence-corrected chi connectivity index (χ1v) is 12.8. The summed E-state index contributed by atoms with van der Waals surface area (Å²) in [5.74, 6) is 0.505. The summed E-state index contributed by atoms with van der Waals surface area (Å²) in [6.07, 6.45) is -4.33. The van der Waals surface area contributed by atoms with E-state index in [4.69, 9.17) is 17.0 Å². The van der Waals surface area contributed by atoms with Crippen LogP contribution in [-0.2, 0) is 26.5 Å². The van der Waals surface area contributed by atoms with Gasteiger partial charge in [-0.15, -0.1) is 0 Å². The van der Waals surface area contributed by atoms with Crippen LogP contribution < -0.4 is 15.2 Å². The fourth-order valence-corrected chi connectivity index (χ4v) is 5.38. The van der Waals surface area contributed by atoms with Gasteiger partial charge >= 0.3 is 6.18 Å². The first-order chi connectivity index (χ1) is 17.7. The summed E-state index contributed by atoms with van der Waals surface area (Å²) in [6.45, 7) is 3.55. The maximum atomic E-state index is 12.8. The van der Waals surface area contributed by atoms with Crippen LogP contribution in [0.15, 0.2) is 59.4 Å². The van der Waals surface area contributed by atoms with E-state index in [1.165, 1.54) is 29.5 Å². The summed E-state index contributed by atoms with van der Waals surface area (Å²) in [6, 6.07) is 14.3. The van der Waals surface area contributed by atoms with Crippen LogP contribution in [0.3, 0.4) is 0 Å². The summed E-state index contributed by atoms with van der Waals surface area (Å²) in [5, 5.41) is 6.16. The molecule has 0 aliphatic carbocycles. The lowest BCUT2D eigenvalue weighted by Crippen LogP contribution is -2.47. The highest BCUT2D eigenvalue weighted by Gasteiger charge is 2.30. The molecule has 0 unspecified atom stereocenters. The number of nitrogens with zero attached hydrogens (tertiary/aromatic N) is 5. The van der Waals surface area contributed by atoms with Crippen LogP contribution in [0.5, 0.6) is 5.75 Å². The van der Waals surface area contributed by atoms with E-state index in [0.29, 0.717) is 34.5 Å². The standard InChI is InChI=1S/C25H24F3N5O2S2/c1-30-20-5-3-2-4-19(20)21(14-23(30)34)35-15-22-29-33(24(36)37-22)16-31-10-12-32(13-11-31)18-8-6-17(7-9-18)25(26,27)28/h2-9,14H,10-13,15-16H2,1H3. The molecule has 0 radical (unpaired) electrons.